The van der Waals surface area contributed by atoms with Gasteiger partial charge in [0.05, 0.1) is 23.9 Å². The van der Waals surface area contributed by atoms with E-state index in [4.69, 9.17) is 0 Å². The first-order valence-electron chi connectivity index (χ1n) is 14.8. The fraction of sp³-hybridized carbons (Fsp3) is 0.200. The van der Waals surface area contributed by atoms with E-state index in [0.29, 0.717) is 0 Å². The molecule has 0 spiro atoms. The number of carbonyl (C=O) groups excluding carboxylic acids is 4. The average Bonchev–Trinajstić information content (AvgIpc) is 3.01. The van der Waals surface area contributed by atoms with Gasteiger partial charge in [0, 0.05) is 0 Å². The van der Waals surface area contributed by atoms with Crippen molar-refractivity contribution in [2.75, 3.05) is 0 Å². The van der Waals surface area contributed by atoms with E-state index in [1.54, 1.807) is 48.6 Å². The monoisotopic (exact) mass is 700 g/mol. The van der Waals surface area contributed by atoms with Gasteiger partial charge in [0.25, 0.3) is 0 Å². The molecular weight excluding hydrogens is 657 g/mol. The largest absolute Gasteiger partial charge is 2.00 e. The van der Waals surface area contributed by atoms with Crippen molar-refractivity contribution in [3.63, 3.8) is 0 Å². The summed E-state index contributed by atoms with van der Waals surface area (Å²) in [6, 6.07) is 0. The van der Waals surface area contributed by atoms with Gasteiger partial charge < -0.3 is 39.6 Å². The van der Waals surface area contributed by atoms with Crippen LogP contribution in [-0.2, 0) is 19.2 Å². The van der Waals surface area contributed by atoms with E-state index in [0.717, 1.165) is 22.3 Å². The van der Waals surface area contributed by atoms with E-state index >= 15 is 0 Å². The summed E-state index contributed by atoms with van der Waals surface area (Å²) in [5.41, 5.74) is 4.52. The Balaban J connectivity index is -0.000000407. The van der Waals surface area contributed by atoms with Crippen molar-refractivity contribution in [1.29, 1.82) is 0 Å². The minimum atomic E-state index is -1.18. The molecule has 0 aromatic rings. The molecule has 0 aromatic heterocycles. The van der Waals surface area contributed by atoms with Crippen molar-refractivity contribution in [3.05, 3.63) is 166 Å². The number of rotatable bonds is 16. The van der Waals surface area contributed by atoms with Gasteiger partial charge >= 0.3 is 46.1 Å². The second-order valence-electron chi connectivity index (χ2n) is 10.4. The van der Waals surface area contributed by atoms with Crippen LogP contribution in [0.3, 0.4) is 0 Å². The Morgan fingerprint density at radius 3 is 0.600 bits per heavy atom. The fourth-order valence-electron chi connectivity index (χ4n) is 2.70. The molecule has 8 nitrogen and oxygen atoms in total. The SMILES string of the molecule is CC(/C=C/C=C(\C)C(=O)[O-])=C\C=C\C=C(C)\C=C\C=C(/C)C(=O)[O-].CC(C=C/C=C(/C)C(=O)[O-])=C/C=C/C=C(C)/C=C/C=C(\C)C(=O)[O-].[Mg+2].[Mg+2]. The van der Waals surface area contributed by atoms with Crippen LogP contribution in [-0.4, -0.2) is 70.0 Å². The van der Waals surface area contributed by atoms with Crippen molar-refractivity contribution in [2.45, 2.75) is 55.4 Å². The van der Waals surface area contributed by atoms with Crippen molar-refractivity contribution < 1.29 is 39.6 Å². The molecular formula is C40H44Mg2O8. The number of allylic oxidation sites excluding steroid dienone is 24. The van der Waals surface area contributed by atoms with Gasteiger partial charge in [-0.1, -0.05) is 144 Å². The Hall–Kier alpha value is -4.23. The molecule has 256 valence electrons. The quantitative estimate of drug-likeness (QED) is 0.135. The van der Waals surface area contributed by atoms with E-state index in [-0.39, 0.29) is 68.4 Å². The molecule has 0 bridgehead atoms. The topological polar surface area (TPSA) is 161 Å². The molecule has 0 saturated heterocycles. The minimum Gasteiger partial charge on any atom is -0.545 e. The smallest absolute Gasteiger partial charge is 0.545 e. The van der Waals surface area contributed by atoms with Crippen LogP contribution in [0.2, 0.25) is 0 Å². The Morgan fingerprint density at radius 1 is 0.300 bits per heavy atom. The predicted octanol–water partition coefficient (Wildman–Crippen LogP) is 3.12. The first-order valence-corrected chi connectivity index (χ1v) is 14.8. The maximum Gasteiger partial charge on any atom is 2.00 e. The van der Waals surface area contributed by atoms with Crippen LogP contribution in [0.5, 0.6) is 0 Å². The van der Waals surface area contributed by atoms with Gasteiger partial charge in [0.15, 0.2) is 0 Å². The summed E-state index contributed by atoms with van der Waals surface area (Å²) in [6.45, 7) is 13.5. The maximum absolute atomic E-state index is 10.5. The molecule has 0 aliphatic heterocycles. The number of carbonyl (C=O) groups is 4. The molecule has 0 N–H and O–H groups in total. The van der Waals surface area contributed by atoms with Gasteiger partial charge in [-0.2, -0.15) is 0 Å². The third kappa shape index (κ3) is 32.3. The molecule has 10 heteroatoms. The third-order valence-electron chi connectivity index (χ3n) is 5.77. The second kappa shape index (κ2) is 32.0. The number of carboxylic acids is 4. The van der Waals surface area contributed by atoms with E-state index < -0.39 is 23.9 Å². The molecule has 0 heterocycles. The van der Waals surface area contributed by atoms with Crippen LogP contribution in [0.1, 0.15) is 55.4 Å². The van der Waals surface area contributed by atoms with Gasteiger partial charge in [-0.15, -0.1) is 0 Å². The normalized spacial score (nSPS) is 14.4. The zero-order chi connectivity index (χ0) is 37.1. The van der Waals surface area contributed by atoms with Gasteiger partial charge in [-0.3, -0.25) is 0 Å². The summed E-state index contributed by atoms with van der Waals surface area (Å²) in [4.78, 5) is 42.0. The van der Waals surface area contributed by atoms with Crippen molar-refractivity contribution in [1.82, 2.24) is 0 Å². The molecule has 0 atom stereocenters. The molecule has 0 unspecified atom stereocenters. The van der Waals surface area contributed by atoms with Crippen LogP contribution >= 0.6 is 0 Å². The van der Waals surface area contributed by atoms with Gasteiger partial charge in [0.1, 0.15) is 0 Å². The van der Waals surface area contributed by atoms with Crippen LogP contribution in [0.25, 0.3) is 0 Å². The number of aliphatic carboxylic acids is 4. The summed E-state index contributed by atoms with van der Waals surface area (Å²) in [7, 11) is 0. The Bertz CT molecular complexity index is 1350. The summed E-state index contributed by atoms with van der Waals surface area (Å²) in [5.74, 6) is -4.72. The molecule has 50 heavy (non-hydrogen) atoms. The Kier molecular flexibility index (Phi) is 33.7. The van der Waals surface area contributed by atoms with Gasteiger partial charge in [0.2, 0.25) is 0 Å². The molecule has 0 rings (SSSR count). The summed E-state index contributed by atoms with van der Waals surface area (Å²) in [6.07, 6.45) is 34.6. The number of carboxylic acid groups (broad SMARTS) is 4. The average molecular weight is 701 g/mol. The number of hydrogen-bond acceptors (Lipinski definition) is 8. The molecule has 0 amide bonds. The second-order valence-corrected chi connectivity index (χ2v) is 10.4. The van der Waals surface area contributed by atoms with E-state index in [2.05, 4.69) is 0 Å². The van der Waals surface area contributed by atoms with Crippen LogP contribution in [0.4, 0.5) is 0 Å². The molecule has 0 aliphatic rings. The standard InChI is InChI=1S/2C20H24O4.2Mg/c2*1-15(11-7-13-17(3)19(21)22)9-5-6-10-16(2)12-8-14-18(4)20(23)24;;/h2*5-14H,1-4H3,(H,21,22)(H,23,24);;/q;;2*+2/p-4/b6-5+,11-7+,12-8?,15-9+,16-10?,17-13+,18-14-;6-5+,11-7+,12-8+,15-9+,16-10+,17-13+,18-14+;;. The van der Waals surface area contributed by atoms with Crippen molar-refractivity contribution in [2.24, 2.45) is 0 Å². The zero-order valence-corrected chi connectivity index (χ0v) is 33.1. The molecule has 0 fully saturated rings. The Labute approximate surface area is 329 Å². The van der Waals surface area contributed by atoms with Crippen LogP contribution in [0, 0.1) is 0 Å². The summed E-state index contributed by atoms with van der Waals surface area (Å²) >= 11 is 0. The fourth-order valence-corrected chi connectivity index (χ4v) is 2.70. The van der Waals surface area contributed by atoms with Gasteiger partial charge in [-0.25, -0.2) is 0 Å². The van der Waals surface area contributed by atoms with E-state index in [1.165, 1.54) is 52.0 Å². The number of hydrogen-bond donors (Lipinski definition) is 0. The molecule has 0 aromatic carbocycles. The van der Waals surface area contributed by atoms with Gasteiger partial charge in [-0.05, 0) is 77.7 Å². The van der Waals surface area contributed by atoms with Crippen LogP contribution < -0.4 is 20.4 Å². The van der Waals surface area contributed by atoms with Crippen LogP contribution in [0.15, 0.2) is 166 Å². The third-order valence-corrected chi connectivity index (χ3v) is 5.77. The van der Waals surface area contributed by atoms with Crippen molar-refractivity contribution in [3.8, 4) is 0 Å². The zero-order valence-electron chi connectivity index (χ0n) is 30.2. The summed E-state index contributed by atoms with van der Waals surface area (Å²) < 4.78 is 0. The Morgan fingerprint density at radius 2 is 0.460 bits per heavy atom. The molecule has 0 aliphatic carbocycles. The van der Waals surface area contributed by atoms with Crippen molar-refractivity contribution >= 4 is 70.0 Å². The van der Waals surface area contributed by atoms with E-state index in [1.807, 2.05) is 76.3 Å². The first-order chi connectivity index (χ1) is 22.5. The first kappa shape index (κ1) is 52.6. The maximum atomic E-state index is 10.5. The minimum absolute atomic E-state index is 0. The predicted molar refractivity (Wildman–Crippen MR) is 196 cm³/mol. The molecule has 0 saturated carbocycles. The molecule has 0 radical (unpaired) electrons. The summed E-state index contributed by atoms with van der Waals surface area (Å²) in [5, 5.41) is 42.0. The van der Waals surface area contributed by atoms with E-state index in [9.17, 15) is 39.6 Å².